The number of H-pyrrole nitrogens is 1. The van der Waals surface area contributed by atoms with Crippen molar-refractivity contribution in [1.82, 2.24) is 15.3 Å². The van der Waals surface area contributed by atoms with E-state index in [0.29, 0.717) is 6.42 Å². The van der Waals surface area contributed by atoms with Crippen molar-refractivity contribution >= 4 is 28.7 Å². The summed E-state index contributed by atoms with van der Waals surface area (Å²) in [7, 11) is 1.74. The normalized spacial score (nSPS) is 12.7. The first-order valence-corrected chi connectivity index (χ1v) is 6.73. The summed E-state index contributed by atoms with van der Waals surface area (Å²) < 4.78 is 0. The molecule has 0 bridgehead atoms. The number of carbonyl (C=O) groups excluding carboxylic acids is 1. The highest BCUT2D eigenvalue weighted by atomic mass is 32.2. The van der Waals surface area contributed by atoms with Crippen LogP contribution in [-0.4, -0.2) is 34.7 Å². The number of thioether (sulfide) groups is 1. The number of nitrogens with one attached hydrogen (secondary N) is 2. The zero-order valence-corrected chi connectivity index (χ0v) is 11.0. The van der Waals surface area contributed by atoms with Crippen molar-refractivity contribution in [3.05, 3.63) is 24.3 Å². The summed E-state index contributed by atoms with van der Waals surface area (Å²) in [5.74, 6) is 0.469. The van der Waals surface area contributed by atoms with Gasteiger partial charge >= 0.3 is 0 Å². The van der Waals surface area contributed by atoms with Crippen LogP contribution in [-0.2, 0) is 4.79 Å². The van der Waals surface area contributed by atoms with Crippen molar-refractivity contribution < 1.29 is 4.79 Å². The van der Waals surface area contributed by atoms with E-state index in [1.165, 1.54) is 0 Å². The molecule has 1 heterocycles. The Kier molecular flexibility index (Phi) is 4.22. The molecule has 0 saturated carbocycles. The number of nitrogens with two attached hydrogens (primary N) is 1. The average Bonchev–Trinajstić information content (AvgIpc) is 2.76. The van der Waals surface area contributed by atoms with Crippen LogP contribution in [0.5, 0.6) is 0 Å². The summed E-state index contributed by atoms with van der Waals surface area (Å²) in [6.45, 7) is 0. The first-order chi connectivity index (χ1) is 8.70. The number of para-hydroxylation sites is 2. The minimum absolute atomic E-state index is 0.276. The molecule has 0 fully saturated rings. The first kappa shape index (κ1) is 12.9. The number of rotatable bonds is 6. The van der Waals surface area contributed by atoms with E-state index in [9.17, 15) is 4.79 Å². The van der Waals surface area contributed by atoms with Crippen molar-refractivity contribution in [3.63, 3.8) is 0 Å². The maximum atomic E-state index is 11.0. The molecule has 1 amide bonds. The Hall–Kier alpha value is -1.53. The van der Waals surface area contributed by atoms with E-state index in [-0.39, 0.29) is 11.9 Å². The van der Waals surface area contributed by atoms with Gasteiger partial charge in [0.2, 0.25) is 5.91 Å². The van der Waals surface area contributed by atoms with Gasteiger partial charge in [-0.05, 0) is 25.6 Å². The summed E-state index contributed by atoms with van der Waals surface area (Å²) in [6, 6.07) is 7.62. The summed E-state index contributed by atoms with van der Waals surface area (Å²) in [6.07, 6.45) is 0.688. The Bertz CT molecular complexity index is 507. The zero-order chi connectivity index (χ0) is 13.0. The molecule has 96 valence electrons. The molecule has 6 heteroatoms. The third-order valence-electron chi connectivity index (χ3n) is 2.70. The van der Waals surface area contributed by atoms with Crippen LogP contribution in [0.3, 0.4) is 0 Å². The van der Waals surface area contributed by atoms with Gasteiger partial charge in [-0.3, -0.25) is 4.79 Å². The molecule has 0 saturated heterocycles. The van der Waals surface area contributed by atoms with E-state index in [2.05, 4.69) is 15.3 Å². The highest BCUT2D eigenvalue weighted by Gasteiger charge is 2.12. The third-order valence-corrected chi connectivity index (χ3v) is 3.61. The van der Waals surface area contributed by atoms with Crippen molar-refractivity contribution in [2.45, 2.75) is 17.6 Å². The zero-order valence-electron chi connectivity index (χ0n) is 10.1. The number of carbonyl (C=O) groups is 1. The second kappa shape index (κ2) is 5.88. The largest absolute Gasteiger partial charge is 0.368 e. The second-order valence-electron chi connectivity index (χ2n) is 3.94. The Balaban J connectivity index is 1.92. The molecule has 4 N–H and O–H groups in total. The highest BCUT2D eigenvalue weighted by molar-refractivity contribution is 7.99. The third kappa shape index (κ3) is 3.02. The lowest BCUT2D eigenvalue weighted by Gasteiger charge is -2.10. The first-order valence-electron chi connectivity index (χ1n) is 5.75. The maximum absolute atomic E-state index is 11.0. The van der Waals surface area contributed by atoms with Gasteiger partial charge in [0.25, 0.3) is 0 Å². The maximum Gasteiger partial charge on any atom is 0.234 e. The molecule has 1 unspecified atom stereocenters. The number of hydrogen-bond acceptors (Lipinski definition) is 4. The summed E-state index contributed by atoms with van der Waals surface area (Å²) in [5.41, 5.74) is 7.24. The quantitative estimate of drug-likeness (QED) is 0.683. The molecular weight excluding hydrogens is 248 g/mol. The summed E-state index contributed by atoms with van der Waals surface area (Å²) in [4.78, 5) is 18.7. The van der Waals surface area contributed by atoms with Crippen LogP contribution in [0.4, 0.5) is 0 Å². The topological polar surface area (TPSA) is 83.8 Å². The Morgan fingerprint density at radius 2 is 2.33 bits per heavy atom. The number of aromatic amines is 1. The summed E-state index contributed by atoms with van der Waals surface area (Å²) >= 11 is 1.59. The van der Waals surface area contributed by atoms with Crippen LogP contribution in [0, 0.1) is 0 Å². The van der Waals surface area contributed by atoms with Gasteiger partial charge in [-0.25, -0.2) is 4.98 Å². The number of fused-ring (bicyclic) bond motifs is 1. The number of imidazole rings is 1. The van der Waals surface area contributed by atoms with Crippen molar-refractivity contribution in [3.8, 4) is 0 Å². The number of hydrogen-bond donors (Lipinski definition) is 3. The van der Waals surface area contributed by atoms with Crippen LogP contribution in [0.2, 0.25) is 0 Å². The second-order valence-corrected chi connectivity index (χ2v) is 5.02. The molecule has 2 aromatic rings. The summed E-state index contributed by atoms with van der Waals surface area (Å²) in [5, 5.41) is 3.77. The Labute approximate surface area is 110 Å². The number of benzene rings is 1. The van der Waals surface area contributed by atoms with Gasteiger partial charge in [0.15, 0.2) is 5.16 Å². The van der Waals surface area contributed by atoms with E-state index in [1.807, 2.05) is 24.3 Å². The molecule has 18 heavy (non-hydrogen) atoms. The van der Waals surface area contributed by atoms with Gasteiger partial charge in [-0.1, -0.05) is 23.9 Å². The van der Waals surface area contributed by atoms with Crippen LogP contribution < -0.4 is 11.1 Å². The highest BCUT2D eigenvalue weighted by Crippen LogP contribution is 2.20. The standard InChI is InChI=1S/C12H16N4OS/c1-14-10(11(13)17)6-7-18-12-15-8-4-2-3-5-9(8)16-12/h2-5,10,14H,6-7H2,1H3,(H2,13,17)(H,15,16). The lowest BCUT2D eigenvalue weighted by molar-refractivity contribution is -0.119. The smallest absolute Gasteiger partial charge is 0.234 e. The van der Waals surface area contributed by atoms with Crippen molar-refractivity contribution in [2.24, 2.45) is 5.73 Å². The number of likely N-dealkylation sites (N-methyl/N-ethyl adjacent to an activating group) is 1. The van der Waals surface area contributed by atoms with Crippen molar-refractivity contribution in [1.29, 1.82) is 0 Å². The van der Waals surface area contributed by atoms with Crippen LogP contribution in [0.15, 0.2) is 29.4 Å². The lowest BCUT2D eigenvalue weighted by Crippen LogP contribution is -2.39. The predicted molar refractivity (Wildman–Crippen MR) is 73.5 cm³/mol. The lowest BCUT2D eigenvalue weighted by atomic mass is 10.2. The molecular formula is C12H16N4OS. The Morgan fingerprint density at radius 3 is 3.00 bits per heavy atom. The number of aromatic nitrogens is 2. The molecule has 0 radical (unpaired) electrons. The minimum atomic E-state index is -0.317. The molecule has 0 aliphatic heterocycles. The van der Waals surface area contributed by atoms with E-state index in [0.717, 1.165) is 21.9 Å². The van der Waals surface area contributed by atoms with E-state index < -0.39 is 0 Å². The van der Waals surface area contributed by atoms with E-state index in [4.69, 9.17) is 5.73 Å². The molecule has 5 nitrogen and oxygen atoms in total. The molecule has 0 spiro atoms. The molecule has 1 aromatic heterocycles. The number of nitrogens with zero attached hydrogens (tertiary/aromatic N) is 1. The molecule has 1 aromatic carbocycles. The molecule has 2 rings (SSSR count). The van der Waals surface area contributed by atoms with Gasteiger partial charge in [0, 0.05) is 5.75 Å². The number of primary amides is 1. The van der Waals surface area contributed by atoms with Gasteiger partial charge in [-0.15, -0.1) is 0 Å². The van der Waals surface area contributed by atoms with Crippen LogP contribution in [0.25, 0.3) is 11.0 Å². The van der Waals surface area contributed by atoms with Crippen molar-refractivity contribution in [2.75, 3.05) is 12.8 Å². The SMILES string of the molecule is CNC(CCSc1nc2ccccc2[nH]1)C(N)=O. The van der Waals surface area contributed by atoms with Gasteiger partial charge in [-0.2, -0.15) is 0 Å². The fraction of sp³-hybridized carbons (Fsp3) is 0.333. The fourth-order valence-corrected chi connectivity index (χ4v) is 2.59. The monoisotopic (exact) mass is 264 g/mol. The van der Waals surface area contributed by atoms with E-state index >= 15 is 0 Å². The molecule has 1 atom stereocenters. The average molecular weight is 264 g/mol. The predicted octanol–water partition coefficient (Wildman–Crippen LogP) is 1.12. The Morgan fingerprint density at radius 1 is 1.56 bits per heavy atom. The van der Waals surface area contributed by atoms with Gasteiger partial charge in [0.1, 0.15) is 0 Å². The van der Waals surface area contributed by atoms with Crippen LogP contribution in [0.1, 0.15) is 6.42 Å². The van der Waals surface area contributed by atoms with Gasteiger partial charge in [0.05, 0.1) is 17.1 Å². The van der Waals surface area contributed by atoms with E-state index in [1.54, 1.807) is 18.8 Å². The number of amides is 1. The minimum Gasteiger partial charge on any atom is -0.368 e. The molecule has 0 aliphatic rings. The van der Waals surface area contributed by atoms with Gasteiger partial charge < -0.3 is 16.0 Å². The molecule has 0 aliphatic carbocycles. The van der Waals surface area contributed by atoms with Crippen LogP contribution >= 0.6 is 11.8 Å². The fourth-order valence-electron chi connectivity index (χ4n) is 1.70.